The van der Waals surface area contributed by atoms with Crippen molar-refractivity contribution in [2.75, 3.05) is 0 Å². The summed E-state index contributed by atoms with van der Waals surface area (Å²) in [7, 11) is 0. The van der Waals surface area contributed by atoms with Crippen molar-refractivity contribution in [1.82, 2.24) is 0 Å². The minimum absolute atomic E-state index is 0.286. The molecule has 5 heteroatoms. The molecule has 2 rings (SSSR count). The third kappa shape index (κ3) is 3.60. The van der Waals surface area contributed by atoms with Crippen LogP contribution in [-0.2, 0) is 6.42 Å². The second-order valence-corrected chi connectivity index (χ2v) is 6.12. The van der Waals surface area contributed by atoms with E-state index in [2.05, 4.69) is 31.9 Å². The molecule has 0 saturated carbocycles. The summed E-state index contributed by atoms with van der Waals surface area (Å²) in [4.78, 5) is -0.286. The van der Waals surface area contributed by atoms with Gasteiger partial charge in [0.2, 0.25) is 0 Å². The van der Waals surface area contributed by atoms with E-state index in [4.69, 9.17) is 0 Å². The minimum atomic E-state index is -1.44. The number of benzene rings is 2. The van der Waals surface area contributed by atoms with Gasteiger partial charge in [0.25, 0.3) is 0 Å². The molecule has 0 nitrogen and oxygen atoms in total. The van der Waals surface area contributed by atoms with Gasteiger partial charge in [0, 0.05) is 9.30 Å². The number of rotatable bonds is 3. The quantitative estimate of drug-likeness (QED) is 0.474. The van der Waals surface area contributed by atoms with Crippen LogP contribution in [0.2, 0.25) is 0 Å². The zero-order chi connectivity index (χ0) is 14.0. The number of hydrogen-bond donors (Lipinski definition) is 0. The van der Waals surface area contributed by atoms with E-state index in [-0.39, 0.29) is 4.83 Å². The molecule has 100 valence electrons. The topological polar surface area (TPSA) is 0 Å². The van der Waals surface area contributed by atoms with Crippen LogP contribution in [0, 0.1) is 17.5 Å². The Balaban J connectivity index is 2.23. The Kier molecular flexibility index (Phi) is 4.68. The van der Waals surface area contributed by atoms with Gasteiger partial charge in [0.1, 0.15) is 0 Å². The summed E-state index contributed by atoms with van der Waals surface area (Å²) in [6.45, 7) is 0. The highest BCUT2D eigenvalue weighted by atomic mass is 79.9. The van der Waals surface area contributed by atoms with E-state index in [1.54, 1.807) is 0 Å². The fourth-order valence-electron chi connectivity index (χ4n) is 1.74. The van der Waals surface area contributed by atoms with Crippen LogP contribution in [0.3, 0.4) is 0 Å². The van der Waals surface area contributed by atoms with Gasteiger partial charge in [-0.15, -0.1) is 0 Å². The first-order valence-corrected chi connectivity index (χ1v) is 7.21. The van der Waals surface area contributed by atoms with Crippen molar-refractivity contribution >= 4 is 31.9 Å². The van der Waals surface area contributed by atoms with E-state index >= 15 is 0 Å². The normalized spacial score (nSPS) is 12.5. The van der Waals surface area contributed by atoms with E-state index in [9.17, 15) is 13.2 Å². The Bertz CT molecular complexity index is 576. The Morgan fingerprint density at radius 1 is 1.00 bits per heavy atom. The van der Waals surface area contributed by atoms with Gasteiger partial charge >= 0.3 is 0 Å². The summed E-state index contributed by atoms with van der Waals surface area (Å²) in [6, 6.07) is 9.63. The Hall–Kier alpha value is -0.810. The summed E-state index contributed by atoms with van der Waals surface area (Å²) in [5.74, 6) is -3.78. The maximum absolute atomic E-state index is 13.2. The number of halogens is 5. The van der Waals surface area contributed by atoms with Gasteiger partial charge in [-0.1, -0.05) is 44.0 Å². The summed E-state index contributed by atoms with van der Waals surface area (Å²) < 4.78 is 40.1. The molecular weight excluding hydrogens is 385 g/mol. The zero-order valence-corrected chi connectivity index (χ0v) is 12.8. The van der Waals surface area contributed by atoms with E-state index in [1.165, 1.54) is 0 Å². The van der Waals surface area contributed by atoms with Gasteiger partial charge in [-0.3, -0.25) is 0 Å². The van der Waals surface area contributed by atoms with Crippen molar-refractivity contribution in [3.63, 3.8) is 0 Å². The number of alkyl halides is 1. The molecule has 2 aromatic rings. The molecule has 0 heterocycles. The largest absolute Gasteiger partial charge is 0.204 e. The maximum atomic E-state index is 13.2. The molecule has 1 atom stereocenters. The Morgan fingerprint density at radius 2 is 1.63 bits per heavy atom. The molecular formula is C14H9Br2F3. The van der Waals surface area contributed by atoms with Crippen molar-refractivity contribution in [2.45, 2.75) is 11.2 Å². The zero-order valence-electron chi connectivity index (χ0n) is 9.64. The maximum Gasteiger partial charge on any atom is 0.194 e. The summed E-state index contributed by atoms with van der Waals surface area (Å²) >= 11 is 6.73. The lowest BCUT2D eigenvalue weighted by Crippen LogP contribution is -2.00. The van der Waals surface area contributed by atoms with Crippen molar-refractivity contribution in [3.8, 4) is 0 Å². The number of hydrogen-bond acceptors (Lipinski definition) is 0. The summed E-state index contributed by atoms with van der Waals surface area (Å²) in [5, 5.41) is 0. The van der Waals surface area contributed by atoms with Gasteiger partial charge in [-0.05, 0) is 41.8 Å². The standard InChI is InChI=1S/C14H9Br2F3/c15-10-3-1-2-8(4-10)5-11(16)9-6-12(17)14(19)13(18)7-9/h1-4,6-7,11H,5H2. The van der Waals surface area contributed by atoms with Crippen LogP contribution in [0.1, 0.15) is 16.0 Å². The lowest BCUT2D eigenvalue weighted by atomic mass is 10.0. The van der Waals surface area contributed by atoms with Crippen LogP contribution in [0.25, 0.3) is 0 Å². The second-order valence-electron chi connectivity index (χ2n) is 4.10. The third-order valence-electron chi connectivity index (χ3n) is 2.67. The van der Waals surface area contributed by atoms with Crippen molar-refractivity contribution < 1.29 is 13.2 Å². The molecule has 0 fully saturated rings. The van der Waals surface area contributed by atoms with E-state index in [0.717, 1.165) is 22.2 Å². The molecule has 0 bridgehead atoms. The molecule has 0 spiro atoms. The second kappa shape index (κ2) is 6.09. The molecule has 0 N–H and O–H groups in total. The molecule has 0 aliphatic rings. The summed E-state index contributed by atoms with van der Waals surface area (Å²) in [5.41, 5.74) is 1.37. The predicted molar refractivity (Wildman–Crippen MR) is 75.8 cm³/mol. The third-order valence-corrected chi connectivity index (χ3v) is 4.02. The first kappa shape index (κ1) is 14.6. The Labute approximate surface area is 125 Å². The lowest BCUT2D eigenvalue weighted by Gasteiger charge is -2.11. The average molecular weight is 394 g/mol. The highest BCUT2D eigenvalue weighted by molar-refractivity contribution is 9.10. The molecule has 0 aliphatic heterocycles. The van der Waals surface area contributed by atoms with Gasteiger partial charge in [-0.25, -0.2) is 13.2 Å². The van der Waals surface area contributed by atoms with Gasteiger partial charge in [-0.2, -0.15) is 0 Å². The highest BCUT2D eigenvalue weighted by Crippen LogP contribution is 2.29. The molecule has 19 heavy (non-hydrogen) atoms. The highest BCUT2D eigenvalue weighted by Gasteiger charge is 2.15. The average Bonchev–Trinajstić information content (AvgIpc) is 2.35. The van der Waals surface area contributed by atoms with Crippen LogP contribution in [-0.4, -0.2) is 0 Å². The first-order chi connectivity index (χ1) is 8.97. The molecule has 0 aliphatic carbocycles. The molecule has 0 saturated heterocycles. The first-order valence-electron chi connectivity index (χ1n) is 5.50. The van der Waals surface area contributed by atoms with Gasteiger partial charge in [0.05, 0.1) is 0 Å². The van der Waals surface area contributed by atoms with Crippen LogP contribution >= 0.6 is 31.9 Å². The monoisotopic (exact) mass is 392 g/mol. The van der Waals surface area contributed by atoms with Crippen LogP contribution in [0.15, 0.2) is 40.9 Å². The molecule has 0 radical (unpaired) electrons. The fourth-order valence-corrected chi connectivity index (χ4v) is 2.83. The lowest BCUT2D eigenvalue weighted by molar-refractivity contribution is 0.445. The van der Waals surface area contributed by atoms with Gasteiger partial charge < -0.3 is 0 Å². The summed E-state index contributed by atoms with van der Waals surface area (Å²) in [6.07, 6.45) is 0.546. The predicted octanol–water partition coefficient (Wildman–Crippen LogP) is 5.55. The SMILES string of the molecule is Fc1cc(C(Br)Cc2cccc(Br)c2)cc(F)c1F. The fraction of sp³-hybridized carbons (Fsp3) is 0.143. The van der Waals surface area contributed by atoms with Crippen LogP contribution < -0.4 is 0 Å². The van der Waals surface area contributed by atoms with E-state index in [1.807, 2.05) is 24.3 Å². The van der Waals surface area contributed by atoms with Crippen molar-refractivity contribution in [2.24, 2.45) is 0 Å². The van der Waals surface area contributed by atoms with Crippen molar-refractivity contribution in [1.29, 1.82) is 0 Å². The minimum Gasteiger partial charge on any atom is -0.204 e. The van der Waals surface area contributed by atoms with Crippen molar-refractivity contribution in [3.05, 3.63) is 69.4 Å². The Morgan fingerprint density at radius 3 is 2.21 bits per heavy atom. The molecule has 2 aromatic carbocycles. The van der Waals surface area contributed by atoms with E-state index in [0.29, 0.717) is 12.0 Å². The molecule has 0 aromatic heterocycles. The van der Waals surface area contributed by atoms with E-state index < -0.39 is 17.5 Å². The molecule has 0 amide bonds. The van der Waals surface area contributed by atoms with Gasteiger partial charge in [0.15, 0.2) is 17.5 Å². The molecule has 1 unspecified atom stereocenters. The van der Waals surface area contributed by atoms with Crippen LogP contribution in [0.4, 0.5) is 13.2 Å². The van der Waals surface area contributed by atoms with Crippen LogP contribution in [0.5, 0.6) is 0 Å². The smallest absolute Gasteiger partial charge is 0.194 e.